The van der Waals surface area contributed by atoms with Crippen LogP contribution in [0.5, 0.6) is 5.75 Å². The van der Waals surface area contributed by atoms with Crippen LogP contribution in [-0.2, 0) is 6.42 Å². The zero-order valence-corrected chi connectivity index (χ0v) is 13.3. The lowest BCUT2D eigenvalue weighted by Gasteiger charge is -2.32. The number of nitrogens with zero attached hydrogens (tertiary/aromatic N) is 1. The van der Waals surface area contributed by atoms with Gasteiger partial charge in [-0.2, -0.15) is 0 Å². The van der Waals surface area contributed by atoms with Crippen molar-refractivity contribution in [2.45, 2.75) is 32.7 Å². The second kappa shape index (κ2) is 5.07. The molecular formula is C16H19FN2OS. The van der Waals surface area contributed by atoms with Crippen molar-refractivity contribution in [2.24, 2.45) is 11.1 Å². The van der Waals surface area contributed by atoms with Crippen molar-refractivity contribution < 1.29 is 9.13 Å². The summed E-state index contributed by atoms with van der Waals surface area (Å²) in [4.78, 5) is 5.74. The van der Waals surface area contributed by atoms with Crippen LogP contribution in [0.3, 0.4) is 0 Å². The number of rotatable bonds is 2. The molecule has 3 nitrogen and oxygen atoms in total. The topological polar surface area (TPSA) is 48.1 Å². The highest BCUT2D eigenvalue weighted by Gasteiger charge is 2.33. The summed E-state index contributed by atoms with van der Waals surface area (Å²) in [5.41, 5.74) is 7.94. The molecule has 0 fully saturated rings. The standard InChI is InChI=1S/C16H19FN2OS/c1-16(2)7-12(18)14-13(8-16)19-15(21-14)10-5-4-9(20-3)6-11(10)17/h4-6,12H,7-8,18H2,1-3H3. The molecule has 0 aliphatic heterocycles. The van der Waals surface area contributed by atoms with Gasteiger partial charge in [0.05, 0.1) is 12.8 Å². The zero-order chi connectivity index (χ0) is 15.2. The molecule has 1 aliphatic rings. The maximum absolute atomic E-state index is 14.2. The van der Waals surface area contributed by atoms with Crippen molar-refractivity contribution in [3.05, 3.63) is 34.6 Å². The summed E-state index contributed by atoms with van der Waals surface area (Å²) >= 11 is 1.51. The summed E-state index contributed by atoms with van der Waals surface area (Å²) in [7, 11) is 1.53. The maximum atomic E-state index is 14.2. The van der Waals surface area contributed by atoms with Gasteiger partial charge in [0.25, 0.3) is 0 Å². The Bertz CT molecular complexity index is 681. The van der Waals surface area contributed by atoms with Crippen molar-refractivity contribution >= 4 is 11.3 Å². The summed E-state index contributed by atoms with van der Waals surface area (Å²) in [5.74, 6) is 0.198. The van der Waals surface area contributed by atoms with Gasteiger partial charge >= 0.3 is 0 Å². The molecule has 5 heteroatoms. The molecule has 1 atom stereocenters. The number of aromatic nitrogens is 1. The Hall–Kier alpha value is -1.46. The van der Waals surface area contributed by atoms with E-state index in [9.17, 15) is 4.39 Å². The van der Waals surface area contributed by atoms with Crippen molar-refractivity contribution in [3.63, 3.8) is 0 Å². The first-order valence-corrected chi connectivity index (χ1v) is 7.80. The van der Waals surface area contributed by atoms with Gasteiger partial charge < -0.3 is 10.5 Å². The molecule has 1 aromatic carbocycles. The Morgan fingerprint density at radius 1 is 1.43 bits per heavy atom. The predicted octanol–water partition coefficient (Wildman–Crippen LogP) is 3.93. The summed E-state index contributed by atoms with van der Waals surface area (Å²) in [6.45, 7) is 4.39. The quantitative estimate of drug-likeness (QED) is 0.914. The molecule has 1 aliphatic carbocycles. The van der Waals surface area contributed by atoms with Gasteiger partial charge in [0, 0.05) is 22.5 Å². The number of hydrogen-bond acceptors (Lipinski definition) is 4. The first kappa shape index (κ1) is 14.5. The van der Waals surface area contributed by atoms with Crippen LogP contribution in [-0.4, -0.2) is 12.1 Å². The van der Waals surface area contributed by atoms with E-state index < -0.39 is 0 Å². The Morgan fingerprint density at radius 2 is 2.19 bits per heavy atom. The average molecular weight is 306 g/mol. The normalized spacial score (nSPS) is 20.1. The van der Waals surface area contributed by atoms with Gasteiger partial charge in [-0.25, -0.2) is 9.37 Å². The minimum atomic E-state index is -0.312. The van der Waals surface area contributed by atoms with Crippen molar-refractivity contribution in [1.82, 2.24) is 4.98 Å². The third kappa shape index (κ3) is 2.68. The molecule has 0 radical (unpaired) electrons. The number of methoxy groups -OCH3 is 1. The first-order valence-electron chi connectivity index (χ1n) is 6.99. The van der Waals surface area contributed by atoms with E-state index in [0.717, 1.165) is 23.4 Å². The van der Waals surface area contributed by atoms with Crippen LogP contribution < -0.4 is 10.5 Å². The van der Waals surface area contributed by atoms with E-state index in [2.05, 4.69) is 18.8 Å². The number of nitrogens with two attached hydrogens (primary N) is 1. The molecule has 2 aromatic rings. The van der Waals surface area contributed by atoms with Gasteiger partial charge in [-0.3, -0.25) is 0 Å². The van der Waals surface area contributed by atoms with Gasteiger partial charge in [0.1, 0.15) is 16.6 Å². The van der Waals surface area contributed by atoms with Gasteiger partial charge in [0.2, 0.25) is 0 Å². The number of hydrogen-bond donors (Lipinski definition) is 1. The van der Waals surface area contributed by atoms with Crippen LogP contribution >= 0.6 is 11.3 Å². The highest BCUT2D eigenvalue weighted by molar-refractivity contribution is 7.15. The van der Waals surface area contributed by atoms with Gasteiger partial charge in [-0.05, 0) is 30.4 Å². The first-order chi connectivity index (χ1) is 9.89. The largest absolute Gasteiger partial charge is 0.497 e. The molecule has 1 unspecified atom stereocenters. The van der Waals surface area contributed by atoms with Crippen LogP contribution in [0, 0.1) is 11.2 Å². The maximum Gasteiger partial charge on any atom is 0.137 e. The van der Waals surface area contributed by atoms with Crippen LogP contribution in [0.25, 0.3) is 10.6 Å². The van der Waals surface area contributed by atoms with E-state index in [1.54, 1.807) is 12.1 Å². The molecule has 0 spiro atoms. The minimum absolute atomic E-state index is 0.00342. The Morgan fingerprint density at radius 3 is 2.86 bits per heavy atom. The third-order valence-electron chi connectivity index (χ3n) is 3.89. The molecule has 2 N–H and O–H groups in total. The number of benzene rings is 1. The van der Waals surface area contributed by atoms with Crippen LogP contribution in [0.4, 0.5) is 4.39 Å². The van der Waals surface area contributed by atoms with Gasteiger partial charge in [-0.15, -0.1) is 11.3 Å². The third-order valence-corrected chi connectivity index (χ3v) is 5.15. The fraction of sp³-hybridized carbons (Fsp3) is 0.438. The number of thiazole rings is 1. The van der Waals surface area contributed by atoms with Crippen molar-refractivity contribution in [2.75, 3.05) is 7.11 Å². The second-order valence-electron chi connectivity index (χ2n) is 6.33. The highest BCUT2D eigenvalue weighted by atomic mass is 32.1. The molecular weight excluding hydrogens is 287 g/mol. The summed E-state index contributed by atoms with van der Waals surface area (Å²) in [5, 5.41) is 0.702. The lowest BCUT2D eigenvalue weighted by atomic mass is 9.77. The molecule has 3 rings (SSSR count). The molecule has 0 saturated heterocycles. The molecule has 0 saturated carbocycles. The molecule has 0 bridgehead atoms. The number of fused-ring (bicyclic) bond motifs is 1. The Balaban J connectivity index is 2.02. The summed E-state index contributed by atoms with van der Waals surface area (Å²) < 4.78 is 19.2. The fourth-order valence-corrected chi connectivity index (χ4v) is 4.01. The van der Waals surface area contributed by atoms with Crippen molar-refractivity contribution in [3.8, 4) is 16.3 Å². The lowest BCUT2D eigenvalue weighted by molar-refractivity contribution is 0.282. The monoisotopic (exact) mass is 306 g/mol. The smallest absolute Gasteiger partial charge is 0.137 e. The number of ether oxygens (including phenoxy) is 1. The zero-order valence-electron chi connectivity index (χ0n) is 12.4. The fourth-order valence-electron chi connectivity index (χ4n) is 2.90. The van der Waals surface area contributed by atoms with Gasteiger partial charge in [-0.1, -0.05) is 13.8 Å². The molecule has 21 heavy (non-hydrogen) atoms. The summed E-state index contributed by atoms with van der Waals surface area (Å²) in [6.07, 6.45) is 1.83. The molecule has 112 valence electrons. The van der Waals surface area contributed by atoms with E-state index in [0.29, 0.717) is 16.3 Å². The Labute approximate surface area is 128 Å². The van der Waals surface area contributed by atoms with E-state index in [4.69, 9.17) is 10.5 Å². The SMILES string of the molecule is COc1ccc(-c2nc3c(s2)C(N)CC(C)(C)C3)c(F)c1. The lowest BCUT2D eigenvalue weighted by Crippen LogP contribution is -2.28. The van der Waals surface area contributed by atoms with Crippen LogP contribution in [0.2, 0.25) is 0 Å². The Kier molecular flexibility index (Phi) is 3.50. The van der Waals surface area contributed by atoms with Crippen LogP contribution in [0.1, 0.15) is 36.9 Å². The molecule has 1 heterocycles. The molecule has 1 aromatic heterocycles. The second-order valence-corrected chi connectivity index (χ2v) is 7.36. The molecule has 0 amide bonds. The van der Waals surface area contributed by atoms with Crippen LogP contribution in [0.15, 0.2) is 18.2 Å². The van der Waals surface area contributed by atoms with E-state index in [1.807, 2.05) is 0 Å². The van der Waals surface area contributed by atoms with E-state index >= 15 is 0 Å². The number of halogens is 1. The van der Waals surface area contributed by atoms with Gasteiger partial charge in [0.15, 0.2) is 0 Å². The minimum Gasteiger partial charge on any atom is -0.497 e. The average Bonchev–Trinajstić information content (AvgIpc) is 2.80. The van der Waals surface area contributed by atoms with Crippen molar-refractivity contribution in [1.29, 1.82) is 0 Å². The summed E-state index contributed by atoms with van der Waals surface area (Å²) in [6, 6.07) is 4.86. The highest BCUT2D eigenvalue weighted by Crippen LogP contribution is 2.44. The van der Waals surface area contributed by atoms with E-state index in [1.165, 1.54) is 24.5 Å². The van der Waals surface area contributed by atoms with E-state index in [-0.39, 0.29) is 17.3 Å². The predicted molar refractivity (Wildman–Crippen MR) is 83.1 cm³/mol.